The Labute approximate surface area is 106 Å². The smallest absolute Gasteiger partial charge is 0.174 e. The highest BCUT2D eigenvalue weighted by atomic mass is 16.5. The molecule has 0 unspecified atom stereocenters. The number of pyridine rings is 1. The minimum atomic E-state index is 0.367. The van der Waals surface area contributed by atoms with Crippen molar-refractivity contribution in [1.82, 2.24) is 15.5 Å². The lowest BCUT2D eigenvalue weighted by Gasteiger charge is -2.05. The first-order chi connectivity index (χ1) is 8.79. The second-order valence-electron chi connectivity index (χ2n) is 3.94. The molecule has 18 heavy (non-hydrogen) atoms. The SMILES string of the molecule is CCNCc1cc(COc2cccnc2C)on1. The molecule has 0 aliphatic heterocycles. The Morgan fingerprint density at radius 2 is 2.33 bits per heavy atom. The first kappa shape index (κ1) is 12.6. The Kier molecular flexibility index (Phi) is 4.30. The van der Waals surface area contributed by atoms with Crippen LogP contribution in [0.3, 0.4) is 0 Å². The van der Waals surface area contributed by atoms with E-state index in [4.69, 9.17) is 9.26 Å². The van der Waals surface area contributed by atoms with Gasteiger partial charge in [0.15, 0.2) is 5.76 Å². The fourth-order valence-electron chi connectivity index (χ4n) is 1.53. The molecule has 0 atom stereocenters. The zero-order chi connectivity index (χ0) is 12.8. The number of aromatic nitrogens is 2. The Balaban J connectivity index is 1.90. The van der Waals surface area contributed by atoms with Gasteiger partial charge < -0.3 is 14.6 Å². The lowest BCUT2D eigenvalue weighted by Crippen LogP contribution is -2.11. The third-order valence-electron chi connectivity index (χ3n) is 2.49. The molecular formula is C13H17N3O2. The molecule has 5 nitrogen and oxygen atoms in total. The molecule has 0 bridgehead atoms. The summed E-state index contributed by atoms with van der Waals surface area (Å²) in [6.07, 6.45) is 1.74. The van der Waals surface area contributed by atoms with Crippen molar-refractivity contribution >= 4 is 0 Å². The van der Waals surface area contributed by atoms with E-state index < -0.39 is 0 Å². The van der Waals surface area contributed by atoms with Crippen molar-refractivity contribution in [2.45, 2.75) is 27.0 Å². The summed E-state index contributed by atoms with van der Waals surface area (Å²) in [5.41, 5.74) is 1.75. The first-order valence-corrected chi connectivity index (χ1v) is 5.99. The summed E-state index contributed by atoms with van der Waals surface area (Å²) in [6, 6.07) is 5.63. The Morgan fingerprint density at radius 1 is 1.44 bits per heavy atom. The van der Waals surface area contributed by atoms with Gasteiger partial charge in [-0.15, -0.1) is 0 Å². The van der Waals surface area contributed by atoms with E-state index in [9.17, 15) is 0 Å². The lowest BCUT2D eigenvalue weighted by molar-refractivity contribution is 0.246. The maximum absolute atomic E-state index is 5.62. The predicted octanol–water partition coefficient (Wildman–Crippen LogP) is 2.07. The standard InChI is InChI=1S/C13H17N3O2/c1-3-14-8-11-7-12(18-16-11)9-17-13-5-4-6-15-10(13)2/h4-7,14H,3,8-9H2,1-2H3. The molecule has 0 amide bonds. The van der Waals surface area contributed by atoms with Crippen LogP contribution in [0, 0.1) is 6.92 Å². The quantitative estimate of drug-likeness (QED) is 0.846. The van der Waals surface area contributed by atoms with Crippen LogP contribution in [0.4, 0.5) is 0 Å². The van der Waals surface area contributed by atoms with E-state index in [2.05, 4.69) is 22.4 Å². The van der Waals surface area contributed by atoms with E-state index in [1.807, 2.05) is 25.1 Å². The van der Waals surface area contributed by atoms with Crippen molar-refractivity contribution in [3.63, 3.8) is 0 Å². The zero-order valence-electron chi connectivity index (χ0n) is 10.6. The number of nitrogens with one attached hydrogen (secondary N) is 1. The number of aryl methyl sites for hydroxylation is 1. The van der Waals surface area contributed by atoms with Gasteiger partial charge in [-0.05, 0) is 25.6 Å². The second kappa shape index (κ2) is 6.16. The molecule has 2 aromatic rings. The van der Waals surface area contributed by atoms with Crippen molar-refractivity contribution < 1.29 is 9.26 Å². The number of hydrogen-bond donors (Lipinski definition) is 1. The molecule has 0 spiro atoms. The van der Waals surface area contributed by atoms with Gasteiger partial charge in [0.05, 0.1) is 11.4 Å². The van der Waals surface area contributed by atoms with Crippen LogP contribution in [0.1, 0.15) is 24.1 Å². The summed E-state index contributed by atoms with van der Waals surface area (Å²) in [6.45, 7) is 5.95. The van der Waals surface area contributed by atoms with Crippen LogP contribution in [0.15, 0.2) is 28.9 Å². The van der Waals surface area contributed by atoms with E-state index in [-0.39, 0.29) is 0 Å². The number of nitrogens with zero attached hydrogens (tertiary/aromatic N) is 2. The van der Waals surface area contributed by atoms with Crippen molar-refractivity contribution in [2.75, 3.05) is 6.54 Å². The molecule has 96 valence electrons. The van der Waals surface area contributed by atoms with Crippen LogP contribution in [0.25, 0.3) is 0 Å². The molecule has 5 heteroatoms. The van der Waals surface area contributed by atoms with Crippen LogP contribution < -0.4 is 10.1 Å². The van der Waals surface area contributed by atoms with Gasteiger partial charge in [-0.3, -0.25) is 4.98 Å². The number of hydrogen-bond acceptors (Lipinski definition) is 5. The minimum Gasteiger partial charge on any atom is -0.484 e. The molecule has 0 aromatic carbocycles. The van der Waals surface area contributed by atoms with Gasteiger partial charge in [0.25, 0.3) is 0 Å². The van der Waals surface area contributed by atoms with E-state index in [1.54, 1.807) is 6.20 Å². The Morgan fingerprint density at radius 3 is 3.11 bits per heavy atom. The highest BCUT2D eigenvalue weighted by molar-refractivity contribution is 5.25. The summed E-state index contributed by atoms with van der Waals surface area (Å²) in [5.74, 6) is 1.48. The van der Waals surface area contributed by atoms with E-state index in [1.165, 1.54) is 0 Å². The fourth-order valence-corrected chi connectivity index (χ4v) is 1.53. The molecule has 2 heterocycles. The predicted molar refractivity (Wildman–Crippen MR) is 67.2 cm³/mol. The van der Waals surface area contributed by atoms with E-state index in [0.717, 1.165) is 23.7 Å². The highest BCUT2D eigenvalue weighted by Crippen LogP contribution is 2.15. The van der Waals surface area contributed by atoms with Crippen LogP contribution >= 0.6 is 0 Å². The third-order valence-corrected chi connectivity index (χ3v) is 2.49. The van der Waals surface area contributed by atoms with Crippen molar-refractivity contribution in [2.24, 2.45) is 0 Å². The first-order valence-electron chi connectivity index (χ1n) is 5.99. The number of rotatable bonds is 6. The fraction of sp³-hybridized carbons (Fsp3) is 0.385. The normalized spacial score (nSPS) is 10.6. The largest absolute Gasteiger partial charge is 0.484 e. The number of ether oxygens (including phenoxy) is 1. The molecular weight excluding hydrogens is 230 g/mol. The average molecular weight is 247 g/mol. The zero-order valence-corrected chi connectivity index (χ0v) is 10.6. The van der Waals surface area contributed by atoms with Crippen LogP contribution in [-0.4, -0.2) is 16.7 Å². The topological polar surface area (TPSA) is 60.2 Å². The van der Waals surface area contributed by atoms with E-state index >= 15 is 0 Å². The van der Waals surface area contributed by atoms with E-state index in [0.29, 0.717) is 18.9 Å². The lowest BCUT2D eigenvalue weighted by atomic mass is 10.3. The summed E-state index contributed by atoms with van der Waals surface area (Å²) >= 11 is 0. The highest BCUT2D eigenvalue weighted by Gasteiger charge is 2.05. The molecule has 0 saturated heterocycles. The average Bonchev–Trinajstić information content (AvgIpc) is 2.83. The summed E-state index contributed by atoms with van der Waals surface area (Å²) in [4.78, 5) is 4.16. The van der Waals surface area contributed by atoms with Gasteiger partial charge in [0, 0.05) is 18.8 Å². The van der Waals surface area contributed by atoms with Crippen LogP contribution in [-0.2, 0) is 13.2 Å². The summed E-state index contributed by atoms with van der Waals surface area (Å²) < 4.78 is 10.8. The molecule has 1 N–H and O–H groups in total. The molecule has 0 aliphatic rings. The van der Waals surface area contributed by atoms with Gasteiger partial charge in [-0.25, -0.2) is 0 Å². The molecule has 2 rings (SSSR count). The maximum Gasteiger partial charge on any atom is 0.174 e. The maximum atomic E-state index is 5.62. The van der Waals surface area contributed by atoms with Gasteiger partial charge in [0.1, 0.15) is 12.4 Å². The minimum absolute atomic E-state index is 0.367. The summed E-state index contributed by atoms with van der Waals surface area (Å²) in [7, 11) is 0. The molecule has 0 aliphatic carbocycles. The van der Waals surface area contributed by atoms with Crippen molar-refractivity contribution in [3.05, 3.63) is 41.5 Å². The van der Waals surface area contributed by atoms with Gasteiger partial charge >= 0.3 is 0 Å². The Hall–Kier alpha value is -1.88. The second-order valence-corrected chi connectivity index (χ2v) is 3.94. The van der Waals surface area contributed by atoms with Gasteiger partial charge in [-0.1, -0.05) is 12.1 Å². The van der Waals surface area contributed by atoms with Gasteiger partial charge in [-0.2, -0.15) is 0 Å². The van der Waals surface area contributed by atoms with Gasteiger partial charge in [0.2, 0.25) is 0 Å². The monoisotopic (exact) mass is 247 g/mol. The van der Waals surface area contributed by atoms with Crippen molar-refractivity contribution in [3.8, 4) is 5.75 Å². The molecule has 0 fully saturated rings. The van der Waals surface area contributed by atoms with Crippen LogP contribution in [0.2, 0.25) is 0 Å². The van der Waals surface area contributed by atoms with Crippen molar-refractivity contribution in [1.29, 1.82) is 0 Å². The summed E-state index contributed by atoms with van der Waals surface area (Å²) in [5, 5.41) is 7.14. The molecule has 0 radical (unpaired) electrons. The Bertz CT molecular complexity index is 496. The van der Waals surface area contributed by atoms with Crippen LogP contribution in [0.5, 0.6) is 5.75 Å². The molecule has 2 aromatic heterocycles. The third kappa shape index (κ3) is 3.30. The molecule has 0 saturated carbocycles.